The van der Waals surface area contributed by atoms with Crippen molar-refractivity contribution in [2.75, 3.05) is 53.8 Å². The Labute approximate surface area is 251 Å². The quantitative estimate of drug-likeness (QED) is 0.498. The molecule has 0 aromatic heterocycles. The van der Waals surface area contributed by atoms with Crippen LogP contribution in [0.5, 0.6) is 28.7 Å². The molecule has 1 N–H and O–H groups in total. The van der Waals surface area contributed by atoms with Crippen LogP contribution >= 0.6 is 0 Å². The molecule has 10 nitrogen and oxygen atoms in total. The zero-order valence-corrected chi connectivity index (χ0v) is 24.9. The van der Waals surface area contributed by atoms with Crippen molar-refractivity contribution in [1.82, 2.24) is 9.80 Å². The Morgan fingerprint density at radius 3 is 2.21 bits per heavy atom. The monoisotopic (exact) mass is 592 g/mol. The van der Waals surface area contributed by atoms with Crippen LogP contribution in [0, 0.1) is 11.8 Å². The van der Waals surface area contributed by atoms with Gasteiger partial charge in [0.05, 0.1) is 26.7 Å². The first kappa shape index (κ1) is 28.1. The topological polar surface area (TPSA) is 107 Å². The van der Waals surface area contributed by atoms with Gasteiger partial charge in [0.25, 0.3) is 0 Å². The smallest absolute Gasteiger partial charge is 0.310 e. The van der Waals surface area contributed by atoms with E-state index >= 15 is 0 Å². The van der Waals surface area contributed by atoms with Gasteiger partial charge in [0, 0.05) is 37.4 Å². The molecule has 0 bridgehead atoms. The second-order valence-electron chi connectivity index (χ2n) is 12.4. The van der Waals surface area contributed by atoms with Gasteiger partial charge in [0.15, 0.2) is 23.0 Å². The number of nitrogens with zero attached hydrogens (tertiary/aromatic N) is 2. The molecule has 3 fully saturated rings. The van der Waals surface area contributed by atoms with Crippen molar-refractivity contribution in [3.05, 3.63) is 41.0 Å². The number of benzene rings is 2. The maximum atomic E-state index is 13.9. The van der Waals surface area contributed by atoms with Crippen LogP contribution in [0.2, 0.25) is 0 Å². The van der Waals surface area contributed by atoms with Crippen LogP contribution in [-0.2, 0) is 14.3 Å². The summed E-state index contributed by atoms with van der Waals surface area (Å²) >= 11 is 0. The summed E-state index contributed by atoms with van der Waals surface area (Å²) in [4.78, 5) is 32.0. The fourth-order valence-corrected chi connectivity index (χ4v) is 8.11. The summed E-state index contributed by atoms with van der Waals surface area (Å²) < 4.78 is 28.2. The van der Waals surface area contributed by atoms with Gasteiger partial charge in [-0.15, -0.1) is 0 Å². The fourth-order valence-electron chi connectivity index (χ4n) is 8.11. The first-order valence-corrected chi connectivity index (χ1v) is 15.5. The average molecular weight is 593 g/mol. The largest absolute Gasteiger partial charge is 0.502 e. The van der Waals surface area contributed by atoms with Gasteiger partial charge in [-0.05, 0) is 85.6 Å². The SMILES string of the molecule is COc1cc([C@@H]2c3cc4c(cc3[C@@H](CC(=O)N3CCC(N5CCCCC5)CC3)C3COC(=O)[C@@H]32)OCO4)cc(OC)c1O. The van der Waals surface area contributed by atoms with Crippen LogP contribution < -0.4 is 18.9 Å². The number of hydrogen-bond acceptors (Lipinski definition) is 9. The van der Waals surface area contributed by atoms with E-state index in [1.165, 1.54) is 46.6 Å². The van der Waals surface area contributed by atoms with Crippen LogP contribution in [0.4, 0.5) is 0 Å². The number of aromatic hydroxyl groups is 1. The number of fused-ring (bicyclic) bond motifs is 3. The summed E-state index contributed by atoms with van der Waals surface area (Å²) in [6.07, 6.45) is 6.17. The molecule has 4 aliphatic heterocycles. The van der Waals surface area contributed by atoms with Crippen LogP contribution in [-0.4, -0.2) is 86.6 Å². The lowest BCUT2D eigenvalue weighted by Crippen LogP contribution is -2.48. The van der Waals surface area contributed by atoms with Crippen LogP contribution in [0.15, 0.2) is 24.3 Å². The Kier molecular flexibility index (Phi) is 7.49. The van der Waals surface area contributed by atoms with Gasteiger partial charge >= 0.3 is 5.97 Å². The molecule has 1 aliphatic carbocycles. The Balaban J connectivity index is 1.22. The number of cyclic esters (lactones) is 1. The third-order valence-electron chi connectivity index (χ3n) is 10.3. The molecule has 4 atom stereocenters. The summed E-state index contributed by atoms with van der Waals surface area (Å²) in [6.45, 7) is 4.23. The molecule has 5 aliphatic rings. The summed E-state index contributed by atoms with van der Waals surface area (Å²) in [5, 5.41) is 10.6. The summed E-state index contributed by atoms with van der Waals surface area (Å²) in [7, 11) is 2.96. The highest BCUT2D eigenvalue weighted by Crippen LogP contribution is 2.57. The molecule has 0 spiro atoms. The van der Waals surface area contributed by atoms with E-state index in [1.54, 1.807) is 12.1 Å². The first-order valence-electron chi connectivity index (χ1n) is 15.5. The molecule has 10 heteroatoms. The van der Waals surface area contributed by atoms with E-state index in [0.717, 1.165) is 42.6 Å². The third-order valence-corrected chi connectivity index (χ3v) is 10.3. The number of carbonyl (C=O) groups excluding carboxylic acids is 2. The number of phenolic OH excluding ortho intramolecular Hbond substituents is 1. The van der Waals surface area contributed by atoms with Crippen molar-refractivity contribution in [2.24, 2.45) is 11.8 Å². The molecular formula is C33H40N2O8. The number of esters is 1. The number of rotatable bonds is 6. The third kappa shape index (κ3) is 4.93. The van der Waals surface area contributed by atoms with Gasteiger partial charge < -0.3 is 38.6 Å². The molecule has 0 saturated carbocycles. The number of likely N-dealkylation sites (tertiary alicyclic amines) is 2. The number of piperidine rings is 2. The molecule has 2 aromatic carbocycles. The van der Waals surface area contributed by atoms with Crippen molar-refractivity contribution in [3.63, 3.8) is 0 Å². The number of methoxy groups -OCH3 is 2. The van der Waals surface area contributed by atoms with Gasteiger partial charge in [-0.3, -0.25) is 9.59 Å². The molecule has 230 valence electrons. The van der Waals surface area contributed by atoms with E-state index in [-0.39, 0.29) is 54.4 Å². The zero-order chi connectivity index (χ0) is 29.7. The second kappa shape index (κ2) is 11.4. The van der Waals surface area contributed by atoms with Gasteiger partial charge in [0.2, 0.25) is 18.4 Å². The van der Waals surface area contributed by atoms with Crippen LogP contribution in [0.25, 0.3) is 0 Å². The number of ether oxygens (including phenoxy) is 5. The minimum atomic E-state index is -0.519. The highest BCUT2D eigenvalue weighted by molar-refractivity contribution is 5.81. The molecule has 1 unspecified atom stereocenters. The number of hydrogen-bond donors (Lipinski definition) is 1. The number of phenols is 1. The van der Waals surface area contributed by atoms with Crippen molar-refractivity contribution in [3.8, 4) is 28.7 Å². The Bertz CT molecular complexity index is 1370. The first-order chi connectivity index (χ1) is 21.0. The van der Waals surface area contributed by atoms with Crippen molar-refractivity contribution < 1.29 is 38.4 Å². The molecule has 43 heavy (non-hydrogen) atoms. The second-order valence-corrected chi connectivity index (χ2v) is 12.4. The molecule has 7 rings (SSSR count). The minimum Gasteiger partial charge on any atom is -0.502 e. The average Bonchev–Trinajstić information content (AvgIpc) is 3.67. The lowest BCUT2D eigenvalue weighted by Gasteiger charge is -2.42. The predicted molar refractivity (Wildman–Crippen MR) is 156 cm³/mol. The van der Waals surface area contributed by atoms with Gasteiger partial charge in [-0.2, -0.15) is 0 Å². The number of amides is 1. The normalized spacial score (nSPS) is 26.9. The van der Waals surface area contributed by atoms with E-state index in [0.29, 0.717) is 24.0 Å². The predicted octanol–water partition coefficient (Wildman–Crippen LogP) is 4.02. The highest BCUT2D eigenvalue weighted by atomic mass is 16.7. The van der Waals surface area contributed by atoms with E-state index in [4.69, 9.17) is 23.7 Å². The van der Waals surface area contributed by atoms with Gasteiger partial charge in [-0.1, -0.05) is 6.42 Å². The summed E-state index contributed by atoms with van der Waals surface area (Å²) in [5.74, 6) is 0.131. The standard InChI is InChI=1S/C33H40N2O8/c1-39-27-12-19(13-28(40-2)32(27)37)30-23-15-26-25(42-18-43-26)14-21(23)22(24-17-41-33(38)31(24)30)16-29(36)35-10-6-20(7-11-35)34-8-4-3-5-9-34/h12-15,20,22,24,30-31,37H,3-11,16-18H2,1-2H3/t22-,24?,30-,31+/m1/s1. The summed E-state index contributed by atoms with van der Waals surface area (Å²) in [6, 6.07) is 7.98. The van der Waals surface area contributed by atoms with E-state index in [1.807, 2.05) is 17.0 Å². The highest BCUT2D eigenvalue weighted by Gasteiger charge is 2.53. The van der Waals surface area contributed by atoms with E-state index < -0.39 is 11.8 Å². The zero-order valence-electron chi connectivity index (χ0n) is 24.9. The molecule has 0 radical (unpaired) electrons. The van der Waals surface area contributed by atoms with Crippen molar-refractivity contribution in [2.45, 2.75) is 56.4 Å². The minimum absolute atomic E-state index is 0.103. The van der Waals surface area contributed by atoms with Gasteiger partial charge in [0.1, 0.15) is 0 Å². The molecule has 4 heterocycles. The summed E-state index contributed by atoms with van der Waals surface area (Å²) in [5.41, 5.74) is 2.61. The van der Waals surface area contributed by atoms with Crippen molar-refractivity contribution in [1.29, 1.82) is 0 Å². The Hall–Kier alpha value is -3.66. The number of carbonyl (C=O) groups is 2. The fraction of sp³-hybridized carbons (Fsp3) is 0.576. The van der Waals surface area contributed by atoms with Gasteiger partial charge in [-0.25, -0.2) is 0 Å². The van der Waals surface area contributed by atoms with E-state index in [2.05, 4.69) is 4.90 Å². The lowest BCUT2D eigenvalue weighted by molar-refractivity contribution is -0.142. The van der Waals surface area contributed by atoms with Crippen molar-refractivity contribution >= 4 is 11.9 Å². The lowest BCUT2D eigenvalue weighted by atomic mass is 9.62. The molecular weight excluding hydrogens is 552 g/mol. The maximum Gasteiger partial charge on any atom is 0.310 e. The maximum absolute atomic E-state index is 13.9. The Morgan fingerprint density at radius 2 is 1.56 bits per heavy atom. The Morgan fingerprint density at radius 1 is 0.907 bits per heavy atom. The molecule has 3 saturated heterocycles. The van der Waals surface area contributed by atoms with Crippen LogP contribution in [0.1, 0.15) is 67.1 Å². The van der Waals surface area contributed by atoms with E-state index in [9.17, 15) is 14.7 Å². The molecule has 1 amide bonds. The van der Waals surface area contributed by atoms with Crippen LogP contribution in [0.3, 0.4) is 0 Å². The molecule has 2 aromatic rings.